The first-order valence-corrected chi connectivity index (χ1v) is 3.33. The van der Waals surface area contributed by atoms with Crippen LogP contribution in [0, 0.1) is 11.6 Å². The summed E-state index contributed by atoms with van der Waals surface area (Å²) >= 11 is 0. The molecule has 0 aliphatic carbocycles. The van der Waals surface area contributed by atoms with Gasteiger partial charge in [-0.3, -0.25) is 4.79 Å². The van der Waals surface area contributed by atoms with Gasteiger partial charge in [0.1, 0.15) is 0 Å². The highest BCUT2D eigenvalue weighted by Crippen LogP contribution is 2.08. The molecule has 0 radical (unpaired) electrons. The van der Waals surface area contributed by atoms with Crippen molar-refractivity contribution in [2.75, 3.05) is 6.54 Å². The molecule has 12 heavy (non-hydrogen) atoms. The fourth-order valence-corrected chi connectivity index (χ4v) is 0.787. The van der Waals surface area contributed by atoms with Gasteiger partial charge in [0.2, 0.25) is 0 Å². The second-order valence-electron chi connectivity index (χ2n) is 2.26. The first-order chi connectivity index (χ1) is 5.65. The summed E-state index contributed by atoms with van der Waals surface area (Å²) < 4.78 is 24.9. The number of rotatable bonds is 2. The number of halogens is 2. The maximum Gasteiger partial charge on any atom is 0.176 e. The summed E-state index contributed by atoms with van der Waals surface area (Å²) in [6.45, 7) is -0.203. The lowest BCUT2D eigenvalue weighted by atomic mass is 10.1. The molecule has 1 aromatic rings. The Morgan fingerprint density at radius 3 is 2.50 bits per heavy atom. The molecule has 1 rings (SSSR count). The number of benzene rings is 1. The van der Waals surface area contributed by atoms with Crippen molar-refractivity contribution in [2.45, 2.75) is 0 Å². The summed E-state index contributed by atoms with van der Waals surface area (Å²) in [6.07, 6.45) is 0. The molecule has 0 fully saturated rings. The normalized spacial score (nSPS) is 9.92. The summed E-state index contributed by atoms with van der Waals surface area (Å²) in [5.41, 5.74) is 5.12. The number of carbonyl (C=O) groups is 1. The molecule has 0 aliphatic heterocycles. The summed E-state index contributed by atoms with van der Waals surface area (Å²) in [6, 6.07) is 2.94. The molecule has 0 spiro atoms. The summed E-state index contributed by atoms with van der Waals surface area (Å²) in [5.74, 6) is -2.41. The predicted molar refractivity (Wildman–Crippen MR) is 39.7 cm³/mol. The van der Waals surface area contributed by atoms with Crippen molar-refractivity contribution >= 4 is 5.78 Å². The van der Waals surface area contributed by atoms with E-state index in [0.717, 1.165) is 12.1 Å². The highest BCUT2D eigenvalue weighted by atomic mass is 19.2. The molecule has 0 bridgehead atoms. The molecule has 0 heterocycles. The van der Waals surface area contributed by atoms with Crippen molar-refractivity contribution in [3.63, 3.8) is 0 Å². The zero-order valence-electron chi connectivity index (χ0n) is 6.18. The van der Waals surface area contributed by atoms with Crippen LogP contribution in [0.4, 0.5) is 8.78 Å². The van der Waals surface area contributed by atoms with E-state index in [2.05, 4.69) is 0 Å². The third kappa shape index (κ3) is 1.65. The van der Waals surface area contributed by atoms with Crippen LogP contribution in [0.2, 0.25) is 0 Å². The van der Waals surface area contributed by atoms with E-state index < -0.39 is 17.4 Å². The quantitative estimate of drug-likeness (QED) is 0.677. The van der Waals surface area contributed by atoms with Gasteiger partial charge in [0.15, 0.2) is 17.4 Å². The SMILES string of the molecule is NCC(=O)c1ccc(F)c(F)c1. The molecule has 0 amide bonds. The lowest BCUT2D eigenvalue weighted by Gasteiger charge is -1.97. The van der Waals surface area contributed by atoms with Gasteiger partial charge in [-0.2, -0.15) is 0 Å². The highest BCUT2D eigenvalue weighted by molar-refractivity contribution is 5.97. The van der Waals surface area contributed by atoms with Gasteiger partial charge in [-0.05, 0) is 18.2 Å². The number of Topliss-reactive ketones (excluding diaryl/α,β-unsaturated/α-hetero) is 1. The number of ketones is 1. The van der Waals surface area contributed by atoms with Crippen LogP contribution in [0.3, 0.4) is 0 Å². The van der Waals surface area contributed by atoms with Crippen molar-refractivity contribution in [1.29, 1.82) is 0 Å². The Kier molecular flexibility index (Phi) is 2.50. The molecule has 64 valence electrons. The lowest BCUT2D eigenvalue weighted by Crippen LogP contribution is -2.13. The average molecular weight is 171 g/mol. The fourth-order valence-electron chi connectivity index (χ4n) is 0.787. The molecule has 0 saturated carbocycles. The van der Waals surface area contributed by atoms with Crippen LogP contribution < -0.4 is 5.73 Å². The Bertz CT molecular complexity index is 312. The van der Waals surface area contributed by atoms with E-state index in [-0.39, 0.29) is 12.1 Å². The van der Waals surface area contributed by atoms with Gasteiger partial charge < -0.3 is 5.73 Å². The zero-order chi connectivity index (χ0) is 9.14. The van der Waals surface area contributed by atoms with Crippen LogP contribution in [0.1, 0.15) is 10.4 Å². The molecular formula is C8H7F2NO. The van der Waals surface area contributed by atoms with E-state index in [0.29, 0.717) is 0 Å². The smallest absolute Gasteiger partial charge is 0.176 e. The molecule has 2 N–H and O–H groups in total. The molecule has 0 atom stereocenters. The number of carbonyl (C=O) groups excluding carboxylic acids is 1. The Morgan fingerprint density at radius 1 is 1.33 bits per heavy atom. The molecule has 2 nitrogen and oxygen atoms in total. The van der Waals surface area contributed by atoms with Crippen molar-refractivity contribution in [3.8, 4) is 0 Å². The van der Waals surface area contributed by atoms with Crippen LogP contribution in [0.5, 0.6) is 0 Å². The van der Waals surface area contributed by atoms with E-state index in [1.54, 1.807) is 0 Å². The molecule has 1 aromatic carbocycles. The van der Waals surface area contributed by atoms with E-state index >= 15 is 0 Å². The van der Waals surface area contributed by atoms with E-state index in [9.17, 15) is 13.6 Å². The third-order valence-corrected chi connectivity index (χ3v) is 1.43. The van der Waals surface area contributed by atoms with Gasteiger partial charge in [-0.1, -0.05) is 0 Å². The van der Waals surface area contributed by atoms with Gasteiger partial charge in [-0.25, -0.2) is 8.78 Å². The second kappa shape index (κ2) is 3.40. The van der Waals surface area contributed by atoms with Crippen LogP contribution in [-0.4, -0.2) is 12.3 Å². The van der Waals surface area contributed by atoms with Crippen molar-refractivity contribution < 1.29 is 13.6 Å². The summed E-state index contributed by atoms with van der Waals surface area (Å²) in [5, 5.41) is 0. The molecule has 0 aromatic heterocycles. The van der Waals surface area contributed by atoms with Crippen LogP contribution in [0.15, 0.2) is 18.2 Å². The molecular weight excluding hydrogens is 164 g/mol. The van der Waals surface area contributed by atoms with E-state index in [1.165, 1.54) is 6.07 Å². The first kappa shape index (κ1) is 8.80. The standard InChI is InChI=1S/C8H7F2NO/c9-6-2-1-5(3-7(6)10)8(12)4-11/h1-3H,4,11H2. The van der Waals surface area contributed by atoms with E-state index in [1.807, 2.05) is 0 Å². The van der Waals surface area contributed by atoms with E-state index in [4.69, 9.17) is 5.73 Å². The topological polar surface area (TPSA) is 43.1 Å². The minimum absolute atomic E-state index is 0.0939. The molecule has 0 saturated heterocycles. The Morgan fingerprint density at radius 2 is 2.00 bits per heavy atom. The van der Waals surface area contributed by atoms with Crippen LogP contribution >= 0.6 is 0 Å². The second-order valence-corrected chi connectivity index (χ2v) is 2.26. The number of nitrogens with two attached hydrogens (primary N) is 1. The van der Waals surface area contributed by atoms with Gasteiger partial charge >= 0.3 is 0 Å². The Balaban J connectivity index is 3.05. The van der Waals surface area contributed by atoms with Gasteiger partial charge in [0.05, 0.1) is 6.54 Å². The maximum absolute atomic E-state index is 12.5. The minimum Gasteiger partial charge on any atom is -0.324 e. The van der Waals surface area contributed by atoms with Crippen molar-refractivity contribution in [1.82, 2.24) is 0 Å². The molecule has 0 aliphatic rings. The maximum atomic E-state index is 12.5. The lowest BCUT2D eigenvalue weighted by molar-refractivity contribution is 0.100. The fraction of sp³-hybridized carbons (Fsp3) is 0.125. The molecule has 0 unspecified atom stereocenters. The van der Waals surface area contributed by atoms with Gasteiger partial charge in [0.25, 0.3) is 0 Å². The largest absolute Gasteiger partial charge is 0.324 e. The van der Waals surface area contributed by atoms with Crippen LogP contribution in [0.25, 0.3) is 0 Å². The predicted octanol–water partition coefficient (Wildman–Crippen LogP) is 1.11. The van der Waals surface area contributed by atoms with Gasteiger partial charge in [-0.15, -0.1) is 0 Å². The van der Waals surface area contributed by atoms with Gasteiger partial charge in [0, 0.05) is 5.56 Å². The van der Waals surface area contributed by atoms with Crippen molar-refractivity contribution in [2.24, 2.45) is 5.73 Å². The summed E-state index contributed by atoms with van der Waals surface area (Å²) in [7, 11) is 0. The highest BCUT2D eigenvalue weighted by Gasteiger charge is 2.07. The summed E-state index contributed by atoms with van der Waals surface area (Å²) in [4.78, 5) is 10.9. The first-order valence-electron chi connectivity index (χ1n) is 3.33. The number of hydrogen-bond donors (Lipinski definition) is 1. The number of hydrogen-bond acceptors (Lipinski definition) is 2. The Labute approximate surface area is 68.0 Å². The zero-order valence-corrected chi connectivity index (χ0v) is 6.18. The average Bonchev–Trinajstić information content (AvgIpc) is 2.08. The third-order valence-electron chi connectivity index (χ3n) is 1.43. The van der Waals surface area contributed by atoms with Crippen molar-refractivity contribution in [3.05, 3.63) is 35.4 Å². The van der Waals surface area contributed by atoms with Crippen LogP contribution in [-0.2, 0) is 0 Å². The monoisotopic (exact) mass is 171 g/mol. The Hall–Kier alpha value is -1.29. The minimum atomic E-state index is -1.03. The molecule has 4 heteroatoms.